The first-order chi connectivity index (χ1) is 27.2. The first-order valence-electron chi connectivity index (χ1n) is 18.7. The molecule has 0 aliphatic carbocycles. The van der Waals surface area contributed by atoms with Gasteiger partial charge >= 0.3 is 0 Å². The molecule has 3 heteroatoms. The first-order valence-corrected chi connectivity index (χ1v) is 18.7. The van der Waals surface area contributed by atoms with E-state index >= 15 is 0 Å². The summed E-state index contributed by atoms with van der Waals surface area (Å²) < 4.78 is 8.70. The predicted molar refractivity (Wildman–Crippen MR) is 231 cm³/mol. The summed E-state index contributed by atoms with van der Waals surface area (Å²) >= 11 is 0. The Hall–Kier alpha value is -7.36. The lowest BCUT2D eigenvalue weighted by Crippen LogP contribution is -2.10. The third-order valence-electron chi connectivity index (χ3n) is 11.0. The average molecular weight is 703 g/mol. The summed E-state index contributed by atoms with van der Waals surface area (Å²) in [6.45, 7) is 0. The summed E-state index contributed by atoms with van der Waals surface area (Å²) in [4.78, 5) is 2.34. The van der Waals surface area contributed by atoms with Crippen LogP contribution in [0.4, 0.5) is 17.1 Å². The van der Waals surface area contributed by atoms with Crippen molar-refractivity contribution in [2.75, 3.05) is 4.90 Å². The van der Waals surface area contributed by atoms with Gasteiger partial charge in [-0.1, -0.05) is 127 Å². The van der Waals surface area contributed by atoms with Gasteiger partial charge in [-0.25, -0.2) is 0 Å². The molecule has 0 unspecified atom stereocenters. The van der Waals surface area contributed by atoms with Crippen LogP contribution in [0.3, 0.4) is 0 Å². The molecule has 0 spiro atoms. The molecule has 0 saturated carbocycles. The number of para-hydroxylation sites is 2. The van der Waals surface area contributed by atoms with E-state index < -0.39 is 0 Å². The Kier molecular flexibility index (Phi) is 7.17. The molecule has 3 nitrogen and oxygen atoms in total. The molecule has 11 rings (SSSR count). The smallest absolute Gasteiger partial charge is 0.136 e. The van der Waals surface area contributed by atoms with E-state index in [2.05, 4.69) is 204 Å². The third kappa shape index (κ3) is 5.28. The van der Waals surface area contributed by atoms with Crippen LogP contribution >= 0.6 is 0 Å². The van der Waals surface area contributed by atoms with Gasteiger partial charge in [0.25, 0.3) is 0 Å². The summed E-state index contributed by atoms with van der Waals surface area (Å²) in [5.74, 6) is 0. The van der Waals surface area contributed by atoms with E-state index in [0.717, 1.165) is 50.2 Å². The van der Waals surface area contributed by atoms with Crippen molar-refractivity contribution >= 4 is 71.6 Å². The van der Waals surface area contributed by atoms with Crippen molar-refractivity contribution < 1.29 is 4.42 Å². The van der Waals surface area contributed by atoms with Crippen LogP contribution < -0.4 is 4.90 Å². The van der Waals surface area contributed by atoms with Gasteiger partial charge in [0, 0.05) is 44.3 Å². The maximum Gasteiger partial charge on any atom is 0.136 e. The average Bonchev–Trinajstić information content (AvgIpc) is 3.78. The summed E-state index contributed by atoms with van der Waals surface area (Å²) in [6.07, 6.45) is 0. The molecular weight excluding hydrogens is 669 g/mol. The molecule has 0 amide bonds. The third-order valence-corrected chi connectivity index (χ3v) is 11.0. The van der Waals surface area contributed by atoms with E-state index in [0.29, 0.717) is 0 Å². The number of rotatable bonds is 6. The highest BCUT2D eigenvalue weighted by Crippen LogP contribution is 2.41. The van der Waals surface area contributed by atoms with Crippen molar-refractivity contribution in [1.29, 1.82) is 0 Å². The molecule has 0 atom stereocenters. The molecule has 0 fully saturated rings. The molecule has 9 aromatic carbocycles. The second kappa shape index (κ2) is 12.6. The summed E-state index contributed by atoms with van der Waals surface area (Å²) in [7, 11) is 0. The number of fused-ring (bicyclic) bond motifs is 7. The Morgan fingerprint density at radius 2 is 0.891 bits per heavy atom. The lowest BCUT2D eigenvalue weighted by atomic mass is 10.0. The van der Waals surface area contributed by atoms with Gasteiger partial charge in [-0.3, -0.25) is 0 Å². The number of furan rings is 1. The summed E-state index contributed by atoms with van der Waals surface area (Å²) in [6, 6.07) is 74.0. The van der Waals surface area contributed by atoms with Crippen LogP contribution in [0.5, 0.6) is 0 Å². The first kappa shape index (κ1) is 31.2. The van der Waals surface area contributed by atoms with Gasteiger partial charge in [-0.2, -0.15) is 0 Å². The van der Waals surface area contributed by atoms with Gasteiger partial charge in [-0.15, -0.1) is 0 Å². The van der Waals surface area contributed by atoms with E-state index in [1.165, 1.54) is 49.3 Å². The minimum atomic E-state index is 0.910. The highest BCUT2D eigenvalue weighted by Gasteiger charge is 2.18. The minimum Gasteiger partial charge on any atom is -0.456 e. The summed E-state index contributed by atoms with van der Waals surface area (Å²) in [5, 5.41) is 7.14. The van der Waals surface area contributed by atoms with E-state index in [1.807, 2.05) is 12.1 Å². The van der Waals surface area contributed by atoms with Gasteiger partial charge in [0.15, 0.2) is 0 Å². The monoisotopic (exact) mass is 702 g/mol. The molecule has 0 N–H and O–H groups in total. The van der Waals surface area contributed by atoms with Crippen LogP contribution in [0.15, 0.2) is 211 Å². The van der Waals surface area contributed by atoms with E-state index in [-0.39, 0.29) is 0 Å². The maximum atomic E-state index is 6.32. The number of nitrogens with zero attached hydrogens (tertiary/aromatic N) is 2. The van der Waals surface area contributed by atoms with Crippen LogP contribution in [-0.2, 0) is 0 Å². The Bertz CT molecular complexity index is 3170. The molecule has 0 aliphatic rings. The molecule has 0 bridgehead atoms. The second-order valence-electron chi connectivity index (χ2n) is 14.2. The van der Waals surface area contributed by atoms with E-state index in [4.69, 9.17) is 4.42 Å². The Morgan fingerprint density at radius 1 is 0.327 bits per heavy atom. The number of hydrogen-bond acceptors (Lipinski definition) is 2. The fourth-order valence-electron chi connectivity index (χ4n) is 8.27. The normalized spacial score (nSPS) is 11.6. The van der Waals surface area contributed by atoms with Gasteiger partial charge in [0.2, 0.25) is 0 Å². The van der Waals surface area contributed by atoms with Crippen LogP contribution in [-0.4, -0.2) is 4.57 Å². The molecule has 258 valence electrons. The predicted octanol–water partition coefficient (Wildman–Crippen LogP) is 14.6. The van der Waals surface area contributed by atoms with Crippen LogP contribution in [0, 0.1) is 0 Å². The Labute approximate surface area is 318 Å². The fourth-order valence-corrected chi connectivity index (χ4v) is 8.27. The fraction of sp³-hybridized carbons (Fsp3) is 0. The molecule has 0 radical (unpaired) electrons. The second-order valence-corrected chi connectivity index (χ2v) is 14.2. The van der Waals surface area contributed by atoms with Gasteiger partial charge in [0.1, 0.15) is 11.2 Å². The highest BCUT2D eigenvalue weighted by molar-refractivity contribution is 6.17. The molecule has 11 aromatic rings. The minimum absolute atomic E-state index is 0.910. The zero-order chi connectivity index (χ0) is 36.3. The SMILES string of the molecule is c1ccc(-c2ccc(N(c3ccc(-c4ccc5ccccc5c4)cc3)c3ccc(-n4c5ccccc5c5cc6oc7ccccc7c6cc54)cc3)cc2)cc1. The zero-order valence-electron chi connectivity index (χ0n) is 29.9. The Morgan fingerprint density at radius 3 is 1.64 bits per heavy atom. The van der Waals surface area contributed by atoms with Crippen molar-refractivity contribution in [3.8, 4) is 27.9 Å². The number of benzene rings is 9. The van der Waals surface area contributed by atoms with Gasteiger partial charge in [0.05, 0.1) is 11.0 Å². The summed E-state index contributed by atoms with van der Waals surface area (Å²) in [5.41, 5.74) is 13.3. The molecule has 0 aliphatic heterocycles. The standard InChI is InChI=1S/C52H34N2O/c1-2-10-35(11-3-1)37-20-24-41(25-21-37)53(42-26-22-38(23-27-42)40-19-18-36-12-4-5-13-39(36)32-40)43-28-30-44(31-29-43)54-49-16-8-6-14-45(49)47-34-52-48(33-50(47)54)46-15-7-9-17-51(46)55-52/h1-34H. The largest absolute Gasteiger partial charge is 0.456 e. The maximum absolute atomic E-state index is 6.32. The number of aromatic nitrogens is 1. The van der Waals surface area contributed by atoms with Crippen LogP contribution in [0.2, 0.25) is 0 Å². The highest BCUT2D eigenvalue weighted by atomic mass is 16.3. The molecular formula is C52H34N2O. The van der Waals surface area contributed by atoms with Gasteiger partial charge in [-0.05, 0) is 112 Å². The van der Waals surface area contributed by atoms with Crippen molar-refractivity contribution in [3.63, 3.8) is 0 Å². The molecule has 0 saturated heterocycles. The Balaban J connectivity index is 1.02. The number of anilines is 3. The van der Waals surface area contributed by atoms with Crippen molar-refractivity contribution in [2.45, 2.75) is 0 Å². The lowest BCUT2D eigenvalue weighted by Gasteiger charge is -2.26. The lowest BCUT2D eigenvalue weighted by molar-refractivity contribution is 0.669. The quantitative estimate of drug-likeness (QED) is 0.172. The molecule has 2 heterocycles. The zero-order valence-corrected chi connectivity index (χ0v) is 29.9. The topological polar surface area (TPSA) is 21.3 Å². The van der Waals surface area contributed by atoms with Crippen molar-refractivity contribution in [1.82, 2.24) is 4.57 Å². The van der Waals surface area contributed by atoms with E-state index in [1.54, 1.807) is 0 Å². The molecule has 2 aromatic heterocycles. The van der Waals surface area contributed by atoms with Crippen molar-refractivity contribution in [3.05, 3.63) is 206 Å². The van der Waals surface area contributed by atoms with Crippen LogP contribution in [0.1, 0.15) is 0 Å². The van der Waals surface area contributed by atoms with Crippen LogP contribution in [0.25, 0.3) is 82.5 Å². The van der Waals surface area contributed by atoms with E-state index in [9.17, 15) is 0 Å². The van der Waals surface area contributed by atoms with Crippen molar-refractivity contribution in [2.24, 2.45) is 0 Å². The van der Waals surface area contributed by atoms with Gasteiger partial charge < -0.3 is 13.9 Å². The molecule has 55 heavy (non-hydrogen) atoms. The number of hydrogen-bond donors (Lipinski definition) is 0.